The lowest BCUT2D eigenvalue weighted by atomic mass is 9.98. The van der Waals surface area contributed by atoms with Gasteiger partial charge in [-0.1, -0.05) is 69.7 Å². The number of ether oxygens (including phenoxy) is 1. The molecule has 0 atom stereocenters. The third kappa shape index (κ3) is 7.83. The van der Waals surface area contributed by atoms with Crippen molar-refractivity contribution < 1.29 is 17.9 Å². The number of hydrogen-bond donors (Lipinski definition) is 1. The van der Waals surface area contributed by atoms with Crippen LogP contribution in [0.25, 0.3) is 0 Å². The van der Waals surface area contributed by atoms with Crippen LogP contribution in [0, 0.1) is 6.92 Å². The van der Waals surface area contributed by atoms with Crippen molar-refractivity contribution in [3.63, 3.8) is 0 Å². The highest BCUT2D eigenvalue weighted by Crippen LogP contribution is 2.33. The Hall–Kier alpha value is -3.32. The second-order valence-corrected chi connectivity index (χ2v) is 11.5. The molecule has 0 spiro atoms. The Morgan fingerprint density at radius 2 is 1.62 bits per heavy atom. The second kappa shape index (κ2) is 12.8. The number of benzene rings is 3. The molecule has 7 heteroatoms. The zero-order chi connectivity index (χ0) is 27.0. The van der Waals surface area contributed by atoms with Crippen molar-refractivity contribution >= 4 is 21.6 Å². The zero-order valence-corrected chi connectivity index (χ0v) is 23.3. The monoisotopic (exact) mass is 522 g/mol. The minimum atomic E-state index is -3.52. The molecule has 0 aliphatic carbocycles. The van der Waals surface area contributed by atoms with E-state index in [4.69, 9.17) is 4.74 Å². The molecular weight excluding hydrogens is 484 g/mol. The standard InChI is InChI=1S/C30H38N2O4S/c1-6-8-24-13-17-27(18-14-24)36-20-19-31-30(33)26-15-11-25(12-16-26)21-32(37(5,34)35)29-23(4)9-7-10-28(29)22(2)3/h7,9-18,22H,6,8,19-21H2,1-5H3,(H,31,33). The number of nitrogens with one attached hydrogen (secondary N) is 1. The molecule has 6 nitrogen and oxygen atoms in total. The van der Waals surface area contributed by atoms with Crippen LogP contribution in [0.2, 0.25) is 0 Å². The first-order valence-electron chi connectivity index (χ1n) is 12.8. The van der Waals surface area contributed by atoms with Crippen LogP contribution in [-0.4, -0.2) is 33.7 Å². The Morgan fingerprint density at radius 1 is 0.973 bits per heavy atom. The molecule has 0 aliphatic heterocycles. The van der Waals surface area contributed by atoms with E-state index in [2.05, 4.69) is 38.2 Å². The van der Waals surface area contributed by atoms with E-state index in [1.807, 2.05) is 37.3 Å². The summed E-state index contributed by atoms with van der Waals surface area (Å²) in [4.78, 5) is 12.6. The Morgan fingerprint density at radius 3 is 2.22 bits per heavy atom. The van der Waals surface area contributed by atoms with Crippen LogP contribution in [0.5, 0.6) is 5.75 Å². The van der Waals surface area contributed by atoms with Crippen LogP contribution in [0.4, 0.5) is 5.69 Å². The third-order valence-electron chi connectivity index (χ3n) is 6.20. The SMILES string of the molecule is CCCc1ccc(OCCNC(=O)c2ccc(CN(c3c(C)cccc3C(C)C)S(C)(=O)=O)cc2)cc1. The zero-order valence-electron chi connectivity index (χ0n) is 22.5. The molecule has 0 aliphatic rings. The second-order valence-electron chi connectivity index (χ2n) is 9.63. The molecular formula is C30H38N2O4S. The number of sulfonamides is 1. The van der Waals surface area contributed by atoms with Crippen molar-refractivity contribution in [1.82, 2.24) is 5.32 Å². The summed E-state index contributed by atoms with van der Waals surface area (Å²) in [5.41, 5.74) is 5.21. The van der Waals surface area contributed by atoms with E-state index in [-0.39, 0.29) is 18.4 Å². The fraction of sp³-hybridized carbons (Fsp3) is 0.367. The predicted octanol–water partition coefficient (Wildman–Crippen LogP) is 5.85. The minimum Gasteiger partial charge on any atom is -0.492 e. The van der Waals surface area contributed by atoms with Gasteiger partial charge in [-0.05, 0) is 65.8 Å². The van der Waals surface area contributed by atoms with Crippen LogP contribution in [0.15, 0.2) is 66.7 Å². The first-order chi connectivity index (χ1) is 17.6. The lowest BCUT2D eigenvalue weighted by molar-refractivity contribution is 0.0947. The van der Waals surface area contributed by atoms with Crippen molar-refractivity contribution in [2.24, 2.45) is 0 Å². The summed E-state index contributed by atoms with van der Waals surface area (Å²) >= 11 is 0. The van der Waals surface area contributed by atoms with Gasteiger partial charge >= 0.3 is 0 Å². The van der Waals surface area contributed by atoms with Crippen LogP contribution in [-0.2, 0) is 23.0 Å². The van der Waals surface area contributed by atoms with E-state index < -0.39 is 10.0 Å². The number of amides is 1. The Bertz CT molecular complexity index is 1280. The summed E-state index contributed by atoms with van der Waals surface area (Å²) in [7, 11) is -3.52. The van der Waals surface area contributed by atoms with Gasteiger partial charge in [0, 0.05) is 5.56 Å². The molecule has 0 saturated heterocycles. The van der Waals surface area contributed by atoms with Gasteiger partial charge in [-0.3, -0.25) is 9.10 Å². The maximum absolute atomic E-state index is 12.8. The van der Waals surface area contributed by atoms with Gasteiger partial charge in [-0.25, -0.2) is 8.42 Å². The highest BCUT2D eigenvalue weighted by Gasteiger charge is 2.23. The molecule has 0 bridgehead atoms. The van der Waals surface area contributed by atoms with Gasteiger partial charge in [-0.2, -0.15) is 0 Å². The largest absolute Gasteiger partial charge is 0.492 e. The first kappa shape index (κ1) is 28.3. The number of carbonyl (C=O) groups is 1. The van der Waals surface area contributed by atoms with Gasteiger partial charge in [0.25, 0.3) is 5.91 Å². The number of para-hydroxylation sites is 1. The van der Waals surface area contributed by atoms with Crippen molar-refractivity contribution in [3.05, 3.63) is 94.5 Å². The summed E-state index contributed by atoms with van der Waals surface area (Å²) in [6, 6.07) is 20.9. The molecule has 198 valence electrons. The number of anilines is 1. The Balaban J connectivity index is 1.61. The van der Waals surface area contributed by atoms with Gasteiger partial charge in [-0.15, -0.1) is 0 Å². The van der Waals surface area contributed by atoms with E-state index in [0.29, 0.717) is 18.7 Å². The predicted molar refractivity (Wildman–Crippen MR) is 151 cm³/mol. The molecule has 0 heterocycles. The summed E-state index contributed by atoms with van der Waals surface area (Å²) in [5.74, 6) is 0.757. The number of nitrogens with zero attached hydrogens (tertiary/aromatic N) is 1. The van der Waals surface area contributed by atoms with Crippen LogP contribution in [0.1, 0.15) is 65.7 Å². The normalized spacial score (nSPS) is 11.4. The number of aryl methyl sites for hydroxylation is 2. The van der Waals surface area contributed by atoms with Crippen molar-refractivity contribution in [2.75, 3.05) is 23.7 Å². The van der Waals surface area contributed by atoms with Gasteiger partial charge in [0.05, 0.1) is 25.0 Å². The lowest BCUT2D eigenvalue weighted by Gasteiger charge is -2.28. The molecule has 1 amide bonds. The van der Waals surface area contributed by atoms with Crippen LogP contribution >= 0.6 is 0 Å². The van der Waals surface area contributed by atoms with Crippen molar-refractivity contribution in [3.8, 4) is 5.75 Å². The summed E-state index contributed by atoms with van der Waals surface area (Å²) < 4.78 is 32.7. The maximum atomic E-state index is 12.8. The van der Waals surface area contributed by atoms with E-state index in [9.17, 15) is 13.2 Å². The molecule has 0 fully saturated rings. The van der Waals surface area contributed by atoms with E-state index in [1.54, 1.807) is 24.3 Å². The summed E-state index contributed by atoms with van der Waals surface area (Å²) in [6.45, 7) is 9.13. The molecule has 3 aromatic carbocycles. The molecule has 0 unspecified atom stereocenters. The third-order valence-corrected chi connectivity index (χ3v) is 7.31. The Labute approximate surface area is 221 Å². The quantitative estimate of drug-likeness (QED) is 0.303. The fourth-order valence-electron chi connectivity index (χ4n) is 4.25. The minimum absolute atomic E-state index is 0.176. The molecule has 3 aromatic rings. The molecule has 37 heavy (non-hydrogen) atoms. The van der Waals surface area contributed by atoms with Gasteiger partial charge < -0.3 is 10.1 Å². The smallest absolute Gasteiger partial charge is 0.251 e. The van der Waals surface area contributed by atoms with E-state index in [1.165, 1.54) is 16.1 Å². The summed E-state index contributed by atoms with van der Waals surface area (Å²) in [5, 5.41) is 2.87. The number of hydrogen-bond acceptors (Lipinski definition) is 4. The highest BCUT2D eigenvalue weighted by atomic mass is 32.2. The maximum Gasteiger partial charge on any atom is 0.251 e. The average molecular weight is 523 g/mol. The van der Waals surface area contributed by atoms with Crippen LogP contribution < -0.4 is 14.4 Å². The molecule has 3 rings (SSSR count). The van der Waals surface area contributed by atoms with Crippen LogP contribution in [0.3, 0.4) is 0 Å². The number of carbonyl (C=O) groups excluding carboxylic acids is 1. The Kier molecular flexibility index (Phi) is 9.75. The fourth-order valence-corrected chi connectivity index (χ4v) is 5.22. The van der Waals surface area contributed by atoms with Crippen molar-refractivity contribution in [2.45, 2.75) is 53.0 Å². The summed E-state index contributed by atoms with van der Waals surface area (Å²) in [6.07, 6.45) is 3.38. The van der Waals surface area contributed by atoms with Crippen molar-refractivity contribution in [1.29, 1.82) is 0 Å². The average Bonchev–Trinajstić information content (AvgIpc) is 2.86. The van der Waals surface area contributed by atoms with Gasteiger partial charge in [0.15, 0.2) is 0 Å². The first-order valence-corrected chi connectivity index (χ1v) is 14.6. The molecule has 0 aromatic heterocycles. The topological polar surface area (TPSA) is 75.7 Å². The van der Waals surface area contributed by atoms with E-state index in [0.717, 1.165) is 41.0 Å². The lowest BCUT2D eigenvalue weighted by Crippen LogP contribution is -2.31. The van der Waals surface area contributed by atoms with E-state index >= 15 is 0 Å². The van der Waals surface area contributed by atoms with Gasteiger partial charge in [0.1, 0.15) is 12.4 Å². The highest BCUT2D eigenvalue weighted by molar-refractivity contribution is 7.92. The molecule has 0 radical (unpaired) electrons. The molecule has 0 saturated carbocycles. The molecule has 1 N–H and O–H groups in total. The van der Waals surface area contributed by atoms with Gasteiger partial charge in [0.2, 0.25) is 10.0 Å². The number of rotatable bonds is 12.